The maximum atomic E-state index is 12.6. The Bertz CT molecular complexity index is 510. The van der Waals surface area contributed by atoms with E-state index in [1.165, 1.54) is 0 Å². The van der Waals surface area contributed by atoms with Gasteiger partial charge in [0, 0.05) is 46.7 Å². The highest BCUT2D eigenvalue weighted by Crippen LogP contribution is 2.11. The first-order chi connectivity index (χ1) is 10.5. The van der Waals surface area contributed by atoms with E-state index in [4.69, 9.17) is 0 Å². The van der Waals surface area contributed by atoms with Crippen LogP contribution in [0.4, 0.5) is 0 Å². The second kappa shape index (κ2) is 7.40. The van der Waals surface area contributed by atoms with Gasteiger partial charge in [-0.05, 0) is 12.5 Å². The molecule has 2 amide bonds. The first kappa shape index (κ1) is 16.5. The average molecular weight is 303 g/mol. The third kappa shape index (κ3) is 4.07. The minimum absolute atomic E-state index is 0.111. The van der Waals surface area contributed by atoms with Crippen LogP contribution in [0.15, 0.2) is 30.3 Å². The Balaban J connectivity index is 1.88. The van der Waals surface area contributed by atoms with Crippen LogP contribution in [-0.2, 0) is 16.1 Å². The van der Waals surface area contributed by atoms with Crippen molar-refractivity contribution in [3.63, 3.8) is 0 Å². The third-order valence-corrected chi connectivity index (χ3v) is 4.30. The van der Waals surface area contributed by atoms with Crippen molar-refractivity contribution in [1.82, 2.24) is 14.7 Å². The number of carbonyl (C=O) groups excluding carboxylic acids is 2. The summed E-state index contributed by atoms with van der Waals surface area (Å²) >= 11 is 0. The number of nitrogens with zero attached hydrogens (tertiary/aromatic N) is 3. The molecule has 1 aromatic carbocycles. The van der Waals surface area contributed by atoms with E-state index in [0.717, 1.165) is 18.7 Å². The fourth-order valence-corrected chi connectivity index (χ4v) is 2.83. The molecule has 5 heteroatoms. The lowest BCUT2D eigenvalue weighted by Crippen LogP contribution is -2.54. The molecule has 0 saturated carbocycles. The molecule has 1 aliphatic heterocycles. The Morgan fingerprint density at radius 1 is 1.14 bits per heavy atom. The zero-order chi connectivity index (χ0) is 16.1. The van der Waals surface area contributed by atoms with Crippen LogP contribution in [0.25, 0.3) is 0 Å². The Kier molecular flexibility index (Phi) is 5.55. The van der Waals surface area contributed by atoms with Gasteiger partial charge in [0.15, 0.2) is 0 Å². The lowest BCUT2D eigenvalue weighted by atomic mass is 10.1. The van der Waals surface area contributed by atoms with E-state index in [2.05, 4.69) is 4.90 Å². The van der Waals surface area contributed by atoms with E-state index in [1.54, 1.807) is 11.8 Å². The second-order valence-corrected chi connectivity index (χ2v) is 5.90. The number of benzene rings is 1. The van der Waals surface area contributed by atoms with Gasteiger partial charge < -0.3 is 9.80 Å². The SMILES string of the molecule is CC(=O)N1CCN(C(C)C(=O)N(C)Cc2ccccc2)CC1. The molecule has 1 aromatic rings. The molecular formula is C17H25N3O2. The van der Waals surface area contributed by atoms with Crippen molar-refractivity contribution in [3.05, 3.63) is 35.9 Å². The van der Waals surface area contributed by atoms with Gasteiger partial charge in [-0.3, -0.25) is 14.5 Å². The first-order valence-corrected chi connectivity index (χ1v) is 7.77. The van der Waals surface area contributed by atoms with Crippen molar-refractivity contribution in [2.24, 2.45) is 0 Å². The summed E-state index contributed by atoms with van der Waals surface area (Å²) in [6, 6.07) is 9.85. The molecule has 0 N–H and O–H groups in total. The van der Waals surface area contributed by atoms with E-state index in [1.807, 2.05) is 49.2 Å². The summed E-state index contributed by atoms with van der Waals surface area (Å²) in [5.41, 5.74) is 1.13. The zero-order valence-electron chi connectivity index (χ0n) is 13.7. The quantitative estimate of drug-likeness (QED) is 0.839. The molecule has 1 saturated heterocycles. The average Bonchev–Trinajstić information content (AvgIpc) is 2.54. The van der Waals surface area contributed by atoms with E-state index in [9.17, 15) is 9.59 Å². The van der Waals surface area contributed by atoms with Gasteiger partial charge in [-0.15, -0.1) is 0 Å². The van der Waals surface area contributed by atoms with Gasteiger partial charge in [0.05, 0.1) is 6.04 Å². The van der Waals surface area contributed by atoms with E-state index in [-0.39, 0.29) is 17.9 Å². The Morgan fingerprint density at radius 3 is 2.27 bits per heavy atom. The van der Waals surface area contributed by atoms with Crippen LogP contribution in [-0.4, -0.2) is 65.8 Å². The summed E-state index contributed by atoms with van der Waals surface area (Å²) in [5.74, 6) is 0.236. The maximum Gasteiger partial charge on any atom is 0.239 e. The van der Waals surface area contributed by atoms with Gasteiger partial charge in [-0.2, -0.15) is 0 Å². The number of hydrogen-bond acceptors (Lipinski definition) is 3. The van der Waals surface area contributed by atoms with Crippen LogP contribution in [0.3, 0.4) is 0 Å². The number of likely N-dealkylation sites (N-methyl/N-ethyl adjacent to an activating group) is 1. The van der Waals surface area contributed by atoms with Crippen LogP contribution in [0.2, 0.25) is 0 Å². The number of hydrogen-bond donors (Lipinski definition) is 0. The molecular weight excluding hydrogens is 278 g/mol. The molecule has 0 spiro atoms. The molecule has 0 radical (unpaired) electrons. The molecule has 0 aromatic heterocycles. The van der Waals surface area contributed by atoms with Crippen LogP contribution in [0.1, 0.15) is 19.4 Å². The monoisotopic (exact) mass is 303 g/mol. The standard InChI is InChI=1S/C17H25N3O2/c1-14(19-9-11-20(12-10-19)15(2)21)17(22)18(3)13-16-7-5-4-6-8-16/h4-8,14H,9-13H2,1-3H3. The molecule has 0 aliphatic carbocycles. The van der Waals surface area contributed by atoms with Crippen molar-refractivity contribution in [1.29, 1.82) is 0 Å². The predicted octanol–water partition coefficient (Wildman–Crippen LogP) is 1.20. The van der Waals surface area contributed by atoms with Crippen molar-refractivity contribution in [2.45, 2.75) is 26.4 Å². The molecule has 1 aliphatic rings. The van der Waals surface area contributed by atoms with Crippen molar-refractivity contribution in [3.8, 4) is 0 Å². The Morgan fingerprint density at radius 2 is 1.73 bits per heavy atom. The number of rotatable bonds is 4. The number of amides is 2. The van der Waals surface area contributed by atoms with Gasteiger partial charge in [-0.25, -0.2) is 0 Å². The molecule has 5 nitrogen and oxygen atoms in total. The fourth-order valence-electron chi connectivity index (χ4n) is 2.83. The van der Waals surface area contributed by atoms with Crippen LogP contribution >= 0.6 is 0 Å². The van der Waals surface area contributed by atoms with Gasteiger partial charge in [0.1, 0.15) is 0 Å². The summed E-state index contributed by atoms with van der Waals surface area (Å²) in [5, 5.41) is 0. The normalized spacial score (nSPS) is 17.1. The van der Waals surface area contributed by atoms with Crippen LogP contribution < -0.4 is 0 Å². The summed E-state index contributed by atoms with van der Waals surface area (Å²) < 4.78 is 0. The summed E-state index contributed by atoms with van der Waals surface area (Å²) in [7, 11) is 1.84. The van der Waals surface area contributed by atoms with E-state index >= 15 is 0 Å². The van der Waals surface area contributed by atoms with Gasteiger partial charge >= 0.3 is 0 Å². The Labute approximate surface area is 132 Å². The predicted molar refractivity (Wildman–Crippen MR) is 86.2 cm³/mol. The fraction of sp³-hybridized carbons (Fsp3) is 0.529. The van der Waals surface area contributed by atoms with E-state index in [0.29, 0.717) is 19.6 Å². The summed E-state index contributed by atoms with van der Waals surface area (Å²) in [4.78, 5) is 29.7. The largest absolute Gasteiger partial charge is 0.340 e. The first-order valence-electron chi connectivity index (χ1n) is 7.77. The van der Waals surface area contributed by atoms with Gasteiger partial charge in [0.25, 0.3) is 0 Å². The smallest absolute Gasteiger partial charge is 0.239 e. The van der Waals surface area contributed by atoms with Gasteiger partial charge in [0.2, 0.25) is 11.8 Å². The lowest BCUT2D eigenvalue weighted by molar-refractivity contribution is -0.137. The zero-order valence-corrected chi connectivity index (χ0v) is 13.7. The number of carbonyl (C=O) groups is 2. The van der Waals surface area contributed by atoms with Crippen molar-refractivity contribution < 1.29 is 9.59 Å². The molecule has 1 heterocycles. The lowest BCUT2D eigenvalue weighted by Gasteiger charge is -2.38. The third-order valence-electron chi connectivity index (χ3n) is 4.30. The minimum Gasteiger partial charge on any atom is -0.340 e. The molecule has 1 atom stereocenters. The summed E-state index contributed by atoms with van der Waals surface area (Å²) in [6.07, 6.45) is 0. The van der Waals surface area contributed by atoms with E-state index < -0.39 is 0 Å². The molecule has 22 heavy (non-hydrogen) atoms. The highest BCUT2D eigenvalue weighted by Gasteiger charge is 2.28. The molecule has 120 valence electrons. The Hall–Kier alpha value is -1.88. The van der Waals surface area contributed by atoms with Crippen LogP contribution in [0.5, 0.6) is 0 Å². The highest BCUT2D eigenvalue weighted by molar-refractivity contribution is 5.81. The maximum absolute atomic E-state index is 12.6. The van der Waals surface area contributed by atoms with Crippen molar-refractivity contribution in [2.75, 3.05) is 33.2 Å². The number of piperazine rings is 1. The molecule has 1 unspecified atom stereocenters. The highest BCUT2D eigenvalue weighted by atomic mass is 16.2. The van der Waals surface area contributed by atoms with Gasteiger partial charge in [-0.1, -0.05) is 30.3 Å². The van der Waals surface area contributed by atoms with Crippen molar-refractivity contribution >= 4 is 11.8 Å². The second-order valence-electron chi connectivity index (χ2n) is 5.90. The molecule has 0 bridgehead atoms. The minimum atomic E-state index is -0.150. The molecule has 2 rings (SSSR count). The topological polar surface area (TPSA) is 43.9 Å². The summed E-state index contributed by atoms with van der Waals surface area (Å²) in [6.45, 7) is 7.09. The van der Waals surface area contributed by atoms with Crippen LogP contribution in [0, 0.1) is 0 Å². The molecule has 1 fully saturated rings.